The van der Waals surface area contributed by atoms with E-state index in [4.69, 9.17) is 5.73 Å². The molecule has 5 N–H and O–H groups in total. The second kappa shape index (κ2) is 4.97. The summed E-state index contributed by atoms with van der Waals surface area (Å²) in [5.74, 6) is 1.04. The lowest BCUT2D eigenvalue weighted by atomic mass is 9.77. The summed E-state index contributed by atoms with van der Waals surface area (Å²) in [6.07, 6.45) is 5.14. The van der Waals surface area contributed by atoms with Crippen LogP contribution >= 0.6 is 0 Å². The van der Waals surface area contributed by atoms with Gasteiger partial charge in [-0.2, -0.15) is 0 Å². The van der Waals surface area contributed by atoms with Crippen LogP contribution in [-0.4, -0.2) is 27.2 Å². The summed E-state index contributed by atoms with van der Waals surface area (Å²) in [5, 5.41) is 12.8. The first kappa shape index (κ1) is 12.9. The number of aromatic nitrogens is 2. The monoisotopic (exact) mass is 252 g/mol. The minimum Gasteiger partial charge on any atom is -0.394 e. The minimum atomic E-state index is -0.401. The number of rotatable bonds is 3. The molecule has 1 fully saturated rings. The van der Waals surface area contributed by atoms with E-state index >= 15 is 0 Å². The van der Waals surface area contributed by atoms with Gasteiger partial charge >= 0.3 is 0 Å². The lowest BCUT2D eigenvalue weighted by Gasteiger charge is -2.39. The topological polar surface area (TPSA) is 104 Å². The third kappa shape index (κ3) is 2.48. The SMILES string of the molecule is CC1CCC(CO)(Nc2nc[nH]c(=O)c2N)CC1. The van der Waals surface area contributed by atoms with Gasteiger partial charge in [0.15, 0.2) is 5.82 Å². The van der Waals surface area contributed by atoms with Crippen LogP contribution in [0.15, 0.2) is 11.1 Å². The maximum Gasteiger partial charge on any atom is 0.276 e. The van der Waals surface area contributed by atoms with E-state index in [9.17, 15) is 9.90 Å². The van der Waals surface area contributed by atoms with Crippen molar-refractivity contribution in [3.8, 4) is 0 Å². The summed E-state index contributed by atoms with van der Waals surface area (Å²) in [6, 6.07) is 0. The van der Waals surface area contributed by atoms with Crippen molar-refractivity contribution in [1.29, 1.82) is 0 Å². The molecule has 1 saturated carbocycles. The molecule has 0 aliphatic heterocycles. The van der Waals surface area contributed by atoms with Crippen molar-refractivity contribution in [1.82, 2.24) is 9.97 Å². The van der Waals surface area contributed by atoms with Gasteiger partial charge in [-0.15, -0.1) is 0 Å². The molecule has 0 bridgehead atoms. The molecule has 6 nitrogen and oxygen atoms in total. The number of anilines is 2. The maximum absolute atomic E-state index is 11.4. The molecule has 0 spiro atoms. The molecule has 6 heteroatoms. The van der Waals surface area contributed by atoms with E-state index in [1.54, 1.807) is 0 Å². The average molecular weight is 252 g/mol. The number of hydrogen-bond donors (Lipinski definition) is 4. The van der Waals surface area contributed by atoms with Crippen LogP contribution in [0.2, 0.25) is 0 Å². The normalized spacial score (nSPS) is 28.0. The van der Waals surface area contributed by atoms with Crippen LogP contribution < -0.4 is 16.6 Å². The van der Waals surface area contributed by atoms with Crippen molar-refractivity contribution in [2.75, 3.05) is 17.7 Å². The van der Waals surface area contributed by atoms with Gasteiger partial charge in [0.1, 0.15) is 5.69 Å². The van der Waals surface area contributed by atoms with E-state index < -0.39 is 5.54 Å². The van der Waals surface area contributed by atoms with Crippen molar-refractivity contribution in [3.05, 3.63) is 16.7 Å². The van der Waals surface area contributed by atoms with Crippen LogP contribution in [0.5, 0.6) is 0 Å². The summed E-state index contributed by atoms with van der Waals surface area (Å²) < 4.78 is 0. The van der Waals surface area contributed by atoms with Crippen LogP contribution in [0.4, 0.5) is 11.5 Å². The smallest absolute Gasteiger partial charge is 0.276 e. The summed E-state index contributed by atoms with van der Waals surface area (Å²) >= 11 is 0. The van der Waals surface area contributed by atoms with Gasteiger partial charge in [0.2, 0.25) is 0 Å². The Bertz CT molecular complexity index is 463. The number of hydrogen-bond acceptors (Lipinski definition) is 5. The minimum absolute atomic E-state index is 0.0215. The van der Waals surface area contributed by atoms with Crippen molar-refractivity contribution < 1.29 is 5.11 Å². The van der Waals surface area contributed by atoms with E-state index in [2.05, 4.69) is 22.2 Å². The van der Waals surface area contributed by atoms with Gasteiger partial charge < -0.3 is 21.1 Å². The van der Waals surface area contributed by atoms with Gasteiger partial charge in [-0.3, -0.25) is 4.79 Å². The predicted octanol–water partition coefficient (Wildman–Crippen LogP) is 0.705. The summed E-state index contributed by atoms with van der Waals surface area (Å²) in [6.45, 7) is 2.23. The molecule has 0 saturated heterocycles. The molecule has 1 aliphatic carbocycles. The number of aliphatic hydroxyl groups is 1. The molecular weight excluding hydrogens is 232 g/mol. The Morgan fingerprint density at radius 2 is 2.28 bits per heavy atom. The fourth-order valence-electron chi connectivity index (χ4n) is 2.40. The van der Waals surface area contributed by atoms with Gasteiger partial charge in [0.25, 0.3) is 5.56 Å². The molecule has 0 aromatic carbocycles. The second-order valence-corrected chi connectivity index (χ2v) is 5.24. The fraction of sp³-hybridized carbons (Fsp3) is 0.667. The zero-order valence-corrected chi connectivity index (χ0v) is 10.6. The van der Waals surface area contributed by atoms with Crippen molar-refractivity contribution >= 4 is 11.5 Å². The highest BCUT2D eigenvalue weighted by Gasteiger charge is 2.34. The number of nitrogen functional groups attached to an aromatic ring is 1. The highest BCUT2D eigenvalue weighted by atomic mass is 16.3. The summed E-state index contributed by atoms with van der Waals surface area (Å²) in [4.78, 5) is 17.9. The molecule has 1 aromatic heterocycles. The zero-order valence-electron chi connectivity index (χ0n) is 10.6. The molecule has 0 amide bonds. The lowest BCUT2D eigenvalue weighted by molar-refractivity contribution is 0.155. The fourth-order valence-corrected chi connectivity index (χ4v) is 2.40. The number of nitrogens with two attached hydrogens (primary N) is 1. The van der Waals surface area contributed by atoms with Gasteiger partial charge in [0, 0.05) is 0 Å². The molecular formula is C12H20N4O2. The number of H-pyrrole nitrogens is 1. The van der Waals surface area contributed by atoms with E-state index in [1.807, 2.05) is 0 Å². The molecule has 1 aliphatic rings. The first-order chi connectivity index (χ1) is 8.56. The zero-order chi connectivity index (χ0) is 13.2. The molecule has 100 valence electrons. The molecule has 1 aromatic rings. The van der Waals surface area contributed by atoms with Crippen molar-refractivity contribution in [3.63, 3.8) is 0 Å². The molecule has 1 heterocycles. The molecule has 0 atom stereocenters. The van der Waals surface area contributed by atoms with Crippen molar-refractivity contribution in [2.24, 2.45) is 5.92 Å². The third-order valence-corrected chi connectivity index (χ3v) is 3.81. The Kier molecular flexibility index (Phi) is 3.56. The first-order valence-electron chi connectivity index (χ1n) is 6.28. The Morgan fingerprint density at radius 3 is 2.89 bits per heavy atom. The standard InChI is InChI=1S/C12H20N4O2/c1-8-2-4-12(6-17,5-3-8)16-10-9(13)11(18)15-7-14-10/h7-8,17H,2-6,13H2,1H3,(H2,14,15,16,18). The Morgan fingerprint density at radius 1 is 1.61 bits per heavy atom. The molecule has 18 heavy (non-hydrogen) atoms. The van der Waals surface area contributed by atoms with E-state index in [-0.39, 0.29) is 17.9 Å². The van der Waals surface area contributed by atoms with Crippen LogP contribution in [0, 0.1) is 5.92 Å². The van der Waals surface area contributed by atoms with Gasteiger partial charge in [-0.25, -0.2) is 4.98 Å². The third-order valence-electron chi connectivity index (χ3n) is 3.81. The van der Waals surface area contributed by atoms with Gasteiger partial charge in [0.05, 0.1) is 18.5 Å². The highest BCUT2D eigenvalue weighted by Crippen LogP contribution is 2.34. The van der Waals surface area contributed by atoms with Crippen LogP contribution in [0.1, 0.15) is 32.6 Å². The second-order valence-electron chi connectivity index (χ2n) is 5.24. The lowest BCUT2D eigenvalue weighted by Crippen LogP contribution is -2.45. The largest absolute Gasteiger partial charge is 0.394 e. The van der Waals surface area contributed by atoms with E-state index in [0.29, 0.717) is 11.7 Å². The van der Waals surface area contributed by atoms with Crippen LogP contribution in [0.25, 0.3) is 0 Å². The van der Waals surface area contributed by atoms with E-state index in [1.165, 1.54) is 6.33 Å². The summed E-state index contributed by atoms with van der Waals surface area (Å²) in [7, 11) is 0. The Labute approximate surface area is 106 Å². The van der Waals surface area contributed by atoms with Crippen molar-refractivity contribution in [2.45, 2.75) is 38.1 Å². The molecule has 0 radical (unpaired) electrons. The number of aromatic amines is 1. The van der Waals surface area contributed by atoms with Crippen LogP contribution in [0.3, 0.4) is 0 Å². The molecule has 0 unspecified atom stereocenters. The number of aliphatic hydroxyl groups excluding tert-OH is 1. The maximum atomic E-state index is 11.4. The average Bonchev–Trinajstić information content (AvgIpc) is 2.38. The first-order valence-corrected chi connectivity index (χ1v) is 6.28. The predicted molar refractivity (Wildman–Crippen MR) is 70.3 cm³/mol. The van der Waals surface area contributed by atoms with Crippen LogP contribution in [-0.2, 0) is 0 Å². The number of nitrogens with zero attached hydrogens (tertiary/aromatic N) is 1. The van der Waals surface area contributed by atoms with E-state index in [0.717, 1.165) is 25.7 Å². The number of nitrogens with one attached hydrogen (secondary N) is 2. The molecule has 2 rings (SSSR count). The quantitative estimate of drug-likeness (QED) is 0.634. The Balaban J connectivity index is 2.20. The van der Waals surface area contributed by atoms with Gasteiger partial charge in [-0.1, -0.05) is 6.92 Å². The Hall–Kier alpha value is -1.56. The highest BCUT2D eigenvalue weighted by molar-refractivity contribution is 5.60. The van der Waals surface area contributed by atoms with Gasteiger partial charge in [-0.05, 0) is 31.6 Å². The summed E-state index contributed by atoms with van der Waals surface area (Å²) in [5.41, 5.74) is 5.01.